The second kappa shape index (κ2) is 14.7. The first-order chi connectivity index (χ1) is 13.0. The van der Waals surface area contributed by atoms with E-state index in [0.29, 0.717) is 6.07 Å². The summed E-state index contributed by atoms with van der Waals surface area (Å²) in [5, 5.41) is 43.7. The SMILES string of the molecule is O=P(O)(O)O.O=P(O)(O)O.O=P(O)(O)O.O=P(O)(O)O.Oc1cc(O)c(O)c(O)c1O. The third kappa shape index (κ3) is 58.5. The number of phosphoric acid groups is 4. The molecule has 0 spiro atoms. The van der Waals surface area contributed by atoms with E-state index in [0.717, 1.165) is 0 Å². The summed E-state index contributed by atoms with van der Waals surface area (Å²) < 4.78 is 35.5. The molecule has 0 aliphatic heterocycles. The molecule has 0 fully saturated rings. The van der Waals surface area contributed by atoms with Gasteiger partial charge >= 0.3 is 31.3 Å². The number of benzene rings is 1. The van der Waals surface area contributed by atoms with Gasteiger partial charge in [-0.2, -0.15) is 0 Å². The van der Waals surface area contributed by atoms with Gasteiger partial charge in [0, 0.05) is 6.07 Å². The van der Waals surface area contributed by atoms with Crippen LogP contribution in [0, 0.1) is 0 Å². The third-order valence-corrected chi connectivity index (χ3v) is 1.21. The van der Waals surface area contributed by atoms with Crippen molar-refractivity contribution in [2.24, 2.45) is 0 Å². The highest BCUT2D eigenvalue weighted by Gasteiger charge is 2.14. The Hall–Kier alpha value is -1.34. The van der Waals surface area contributed by atoms with E-state index in [4.69, 9.17) is 103 Å². The summed E-state index contributed by atoms with van der Waals surface area (Å²) in [5.41, 5.74) is 0. The third-order valence-electron chi connectivity index (χ3n) is 1.21. The van der Waals surface area contributed by atoms with Crippen molar-refractivity contribution in [3.05, 3.63) is 6.07 Å². The van der Waals surface area contributed by atoms with Crippen LogP contribution in [0.1, 0.15) is 0 Å². The molecule has 31 heavy (non-hydrogen) atoms. The van der Waals surface area contributed by atoms with Crippen molar-refractivity contribution in [1.82, 2.24) is 0 Å². The van der Waals surface area contributed by atoms with Crippen molar-refractivity contribution in [2.45, 2.75) is 0 Å². The lowest BCUT2D eigenvalue weighted by Crippen LogP contribution is -1.74. The number of phenols is 5. The van der Waals surface area contributed by atoms with E-state index in [2.05, 4.69) is 0 Å². The summed E-state index contributed by atoms with van der Waals surface area (Å²) >= 11 is 0. The summed E-state index contributed by atoms with van der Waals surface area (Å²) in [4.78, 5) is 86.2. The van der Waals surface area contributed by atoms with Gasteiger partial charge in [0.25, 0.3) is 0 Å². The Bertz CT molecular complexity index is 699. The van der Waals surface area contributed by atoms with Gasteiger partial charge in [-0.05, 0) is 0 Å². The highest BCUT2D eigenvalue weighted by Crippen LogP contribution is 2.46. The fourth-order valence-electron chi connectivity index (χ4n) is 0.621. The van der Waals surface area contributed by atoms with E-state index in [1.165, 1.54) is 0 Å². The molecule has 0 bridgehead atoms. The minimum absolute atomic E-state index is 0.696. The molecule has 0 heterocycles. The number of rotatable bonds is 0. The zero-order valence-electron chi connectivity index (χ0n) is 14.1. The molecule has 1 aromatic carbocycles. The first kappa shape index (κ1) is 37.0. The van der Waals surface area contributed by atoms with Crippen LogP contribution < -0.4 is 0 Å². The van der Waals surface area contributed by atoms with E-state index >= 15 is 0 Å². The van der Waals surface area contributed by atoms with Crippen LogP contribution in [0.5, 0.6) is 28.7 Å². The van der Waals surface area contributed by atoms with Gasteiger partial charge in [-0.15, -0.1) is 0 Å². The molecule has 0 saturated heterocycles. The Morgan fingerprint density at radius 3 is 0.645 bits per heavy atom. The molecule has 0 radical (unpaired) electrons. The Labute approximate surface area is 169 Å². The van der Waals surface area contributed by atoms with Crippen molar-refractivity contribution < 1.29 is 103 Å². The topological polar surface area (TPSA) is 412 Å². The van der Waals surface area contributed by atoms with Gasteiger partial charge < -0.3 is 84.3 Å². The Morgan fingerprint density at radius 2 is 0.516 bits per heavy atom. The molecular weight excluding hydrogens is 532 g/mol. The summed E-state index contributed by atoms with van der Waals surface area (Å²) in [7, 11) is -18.6. The van der Waals surface area contributed by atoms with Crippen LogP contribution in [0.4, 0.5) is 0 Å². The van der Waals surface area contributed by atoms with Gasteiger partial charge in [0.05, 0.1) is 0 Å². The van der Waals surface area contributed by atoms with E-state index in [1.807, 2.05) is 0 Å². The van der Waals surface area contributed by atoms with Gasteiger partial charge in [0.2, 0.25) is 17.2 Å². The summed E-state index contributed by atoms with van der Waals surface area (Å²) in [6.45, 7) is 0. The monoisotopic (exact) mass is 550 g/mol. The van der Waals surface area contributed by atoms with E-state index in [9.17, 15) is 0 Å². The second-order valence-electron chi connectivity index (χ2n) is 4.01. The lowest BCUT2D eigenvalue weighted by Gasteiger charge is -2.03. The van der Waals surface area contributed by atoms with Crippen molar-refractivity contribution in [1.29, 1.82) is 0 Å². The fourth-order valence-corrected chi connectivity index (χ4v) is 0.621. The molecular formula is C6H18O21P4. The Morgan fingerprint density at radius 1 is 0.387 bits per heavy atom. The summed E-state index contributed by atoms with van der Waals surface area (Å²) in [6.07, 6.45) is 0. The molecule has 0 amide bonds. The van der Waals surface area contributed by atoms with Gasteiger partial charge in [-0.1, -0.05) is 0 Å². The van der Waals surface area contributed by atoms with Crippen LogP contribution in [0.3, 0.4) is 0 Å². The van der Waals surface area contributed by atoms with Crippen LogP contribution in [0.15, 0.2) is 6.07 Å². The highest BCUT2D eigenvalue weighted by atomic mass is 31.2. The van der Waals surface area contributed by atoms with Crippen LogP contribution in [-0.4, -0.2) is 84.3 Å². The molecule has 25 heteroatoms. The van der Waals surface area contributed by atoms with Gasteiger partial charge in [0.15, 0.2) is 11.5 Å². The van der Waals surface area contributed by atoms with Gasteiger partial charge in [-0.25, -0.2) is 18.3 Å². The average Bonchev–Trinajstić information content (AvgIpc) is 2.35. The molecule has 1 aromatic rings. The molecule has 0 unspecified atom stereocenters. The van der Waals surface area contributed by atoms with E-state index in [1.54, 1.807) is 0 Å². The highest BCUT2D eigenvalue weighted by molar-refractivity contribution is 7.45. The van der Waals surface area contributed by atoms with Crippen molar-refractivity contribution in [3.8, 4) is 28.7 Å². The molecule has 0 saturated carbocycles. The molecule has 0 aliphatic carbocycles. The molecule has 0 atom stereocenters. The minimum atomic E-state index is -4.64. The molecule has 1 rings (SSSR count). The number of hydrogen-bond donors (Lipinski definition) is 17. The van der Waals surface area contributed by atoms with E-state index in [-0.39, 0.29) is 0 Å². The standard InChI is InChI=1S/C6H6O5.4H3O4P/c7-2-1-3(8)5(10)6(11)4(2)9;4*1-5(2,3)4/h1,7-11H;4*(H3,1,2,3,4). The second-order valence-corrected chi connectivity index (χ2v) is 8.12. The predicted octanol–water partition coefficient (Wildman–Crippen LogP) is -3.50. The molecule has 0 aromatic heterocycles. The van der Waals surface area contributed by atoms with Crippen molar-refractivity contribution in [3.63, 3.8) is 0 Å². The number of phenolic OH excluding ortho intramolecular Hbond substituents is 5. The zero-order valence-corrected chi connectivity index (χ0v) is 17.7. The minimum Gasteiger partial charge on any atom is -0.504 e. The first-order valence-electron chi connectivity index (χ1n) is 5.83. The number of hydrogen-bond acceptors (Lipinski definition) is 9. The van der Waals surface area contributed by atoms with Crippen molar-refractivity contribution in [2.75, 3.05) is 0 Å². The van der Waals surface area contributed by atoms with E-state index < -0.39 is 60.0 Å². The normalized spacial score (nSPS) is 11.1. The van der Waals surface area contributed by atoms with Crippen LogP contribution in [-0.2, 0) is 18.3 Å². The maximum Gasteiger partial charge on any atom is 0.466 e. The summed E-state index contributed by atoms with van der Waals surface area (Å²) in [5.74, 6) is -4.06. The quantitative estimate of drug-likeness (QED) is 0.0846. The fraction of sp³-hybridized carbons (Fsp3) is 0. The van der Waals surface area contributed by atoms with Crippen LogP contribution in [0.2, 0.25) is 0 Å². The van der Waals surface area contributed by atoms with Gasteiger partial charge in [-0.3, -0.25) is 0 Å². The summed E-state index contributed by atoms with van der Waals surface area (Å²) in [6, 6.07) is 0.713. The maximum absolute atomic E-state index is 8.88. The van der Waals surface area contributed by atoms with Crippen LogP contribution in [0.25, 0.3) is 0 Å². The lowest BCUT2D eigenvalue weighted by molar-refractivity contribution is 0.272. The molecule has 17 N–H and O–H groups in total. The van der Waals surface area contributed by atoms with Gasteiger partial charge in [0.1, 0.15) is 0 Å². The predicted molar refractivity (Wildman–Crippen MR) is 91.8 cm³/mol. The average molecular weight is 550 g/mol. The maximum atomic E-state index is 8.88. The Kier molecular flexibility index (Phi) is 17.5. The lowest BCUT2D eigenvalue weighted by atomic mass is 10.2. The van der Waals surface area contributed by atoms with Crippen LogP contribution >= 0.6 is 31.3 Å². The molecule has 21 nitrogen and oxygen atoms in total. The van der Waals surface area contributed by atoms with Crippen molar-refractivity contribution >= 4 is 31.3 Å². The molecule has 188 valence electrons. The number of aromatic hydroxyl groups is 5. The molecule has 0 aliphatic rings. The smallest absolute Gasteiger partial charge is 0.466 e. The Balaban J connectivity index is -0.000000157. The largest absolute Gasteiger partial charge is 0.504 e. The first-order valence-corrected chi connectivity index (χ1v) is 12.1. The zero-order chi connectivity index (χ0) is 26.6.